The summed E-state index contributed by atoms with van der Waals surface area (Å²) in [6.45, 7) is 3.84. The van der Waals surface area contributed by atoms with Crippen molar-refractivity contribution in [1.82, 2.24) is 0 Å². The average molecular weight is 539 g/mol. The van der Waals surface area contributed by atoms with Crippen LogP contribution in [0, 0.1) is 0 Å². The van der Waals surface area contributed by atoms with Crippen LogP contribution in [0.4, 0.5) is 0 Å². The molecular formula is C20H42O8S4. The van der Waals surface area contributed by atoms with Gasteiger partial charge in [0.05, 0.1) is 23.0 Å². The highest BCUT2D eigenvalue weighted by Crippen LogP contribution is 2.15. The van der Waals surface area contributed by atoms with Crippen LogP contribution in [0.5, 0.6) is 0 Å². The van der Waals surface area contributed by atoms with Gasteiger partial charge >= 0.3 is 0 Å². The molecule has 0 N–H and O–H groups in total. The first-order valence-electron chi connectivity index (χ1n) is 11.7. The van der Waals surface area contributed by atoms with Gasteiger partial charge in [0.2, 0.25) is 0 Å². The van der Waals surface area contributed by atoms with Gasteiger partial charge in [-0.15, -0.1) is 0 Å². The van der Waals surface area contributed by atoms with E-state index in [-0.39, 0.29) is 23.0 Å². The van der Waals surface area contributed by atoms with E-state index in [1.54, 1.807) is 0 Å². The smallest absolute Gasteiger partial charge is 0.213 e. The summed E-state index contributed by atoms with van der Waals surface area (Å²) in [5, 5.41) is 0. The molecule has 0 rings (SSSR count). The molecule has 0 amide bonds. The molecule has 0 atom stereocenters. The predicted octanol–water partition coefficient (Wildman–Crippen LogP) is 3.98. The zero-order valence-corrected chi connectivity index (χ0v) is 22.9. The van der Waals surface area contributed by atoms with Crippen LogP contribution in [0.25, 0.3) is 0 Å². The van der Waals surface area contributed by atoms with Gasteiger partial charge in [-0.3, -0.25) is 0 Å². The minimum atomic E-state index is -4.11. The van der Waals surface area contributed by atoms with E-state index in [0.717, 1.165) is 38.5 Å². The molecule has 0 aromatic heterocycles. The van der Waals surface area contributed by atoms with Crippen molar-refractivity contribution in [2.75, 3.05) is 23.0 Å². The lowest BCUT2D eigenvalue weighted by molar-refractivity contribution is 0.564. The van der Waals surface area contributed by atoms with Crippen LogP contribution in [0.1, 0.15) is 104 Å². The zero-order valence-electron chi connectivity index (χ0n) is 19.6. The van der Waals surface area contributed by atoms with Crippen LogP contribution >= 0.6 is 0 Å². The van der Waals surface area contributed by atoms with E-state index in [1.165, 1.54) is 0 Å². The minimum Gasteiger partial charge on any atom is -0.213 e. The third kappa shape index (κ3) is 12.3. The average Bonchev–Trinajstić information content (AvgIpc) is 2.69. The molecule has 0 aliphatic heterocycles. The van der Waals surface area contributed by atoms with Crippen molar-refractivity contribution in [3.8, 4) is 0 Å². The number of hydrogen-bond donors (Lipinski definition) is 0. The fourth-order valence-corrected chi connectivity index (χ4v) is 10.9. The molecule has 0 aliphatic carbocycles. The molecule has 0 aliphatic rings. The Morgan fingerprint density at radius 1 is 0.312 bits per heavy atom. The summed E-state index contributed by atoms with van der Waals surface area (Å²) >= 11 is 0. The summed E-state index contributed by atoms with van der Waals surface area (Å²) in [5.74, 6) is -1.30. The van der Waals surface area contributed by atoms with Crippen molar-refractivity contribution in [2.24, 2.45) is 0 Å². The predicted molar refractivity (Wildman–Crippen MR) is 131 cm³/mol. The Hall–Kier alpha value is -0.200. The first-order chi connectivity index (χ1) is 14.8. The molecule has 0 saturated heterocycles. The molecule has 0 unspecified atom stereocenters. The summed E-state index contributed by atoms with van der Waals surface area (Å²) in [6, 6.07) is 0. The molecule has 0 heterocycles. The second kappa shape index (κ2) is 15.7. The third-order valence-electron chi connectivity index (χ3n) is 5.31. The normalized spacial score (nSPS) is 13.4. The summed E-state index contributed by atoms with van der Waals surface area (Å²) in [4.78, 5) is 0. The van der Waals surface area contributed by atoms with Gasteiger partial charge < -0.3 is 0 Å². The SMILES string of the molecule is CCCCCS(=O)(=O)S(=O)(=O)CCCCCCCCCCS(=O)(=O)S(=O)(=O)CCCCC. The van der Waals surface area contributed by atoms with Gasteiger partial charge in [-0.1, -0.05) is 78.1 Å². The van der Waals surface area contributed by atoms with Crippen LogP contribution in [0.15, 0.2) is 0 Å². The molecular weight excluding hydrogens is 496 g/mol. The first kappa shape index (κ1) is 31.8. The first-order valence-corrected chi connectivity index (χ1v) is 19.4. The van der Waals surface area contributed by atoms with Gasteiger partial charge in [-0.05, 0) is 25.7 Å². The Kier molecular flexibility index (Phi) is 15.6. The van der Waals surface area contributed by atoms with E-state index < -0.39 is 35.5 Å². The number of hydrogen-bond acceptors (Lipinski definition) is 8. The number of unbranched alkanes of at least 4 members (excludes halogenated alkanes) is 11. The fraction of sp³-hybridized carbons (Fsp3) is 1.00. The van der Waals surface area contributed by atoms with Crippen LogP contribution in [-0.2, 0) is 35.5 Å². The van der Waals surface area contributed by atoms with E-state index in [1.807, 2.05) is 13.8 Å². The van der Waals surface area contributed by atoms with Gasteiger partial charge in [0.25, 0.3) is 35.5 Å². The standard InChI is InChI=1S/C20H42O8S4/c1-3-5-13-17-29(21,22)31(25,26)19-15-11-9-7-8-10-12-16-20-32(27,28)30(23,24)18-14-6-4-2/h3-20H2,1-2H3. The van der Waals surface area contributed by atoms with E-state index in [2.05, 4.69) is 0 Å². The molecule has 0 radical (unpaired) electrons. The highest BCUT2D eigenvalue weighted by Gasteiger charge is 2.29. The molecule has 32 heavy (non-hydrogen) atoms. The summed E-state index contributed by atoms with van der Waals surface area (Å²) in [5.41, 5.74) is 0. The van der Waals surface area contributed by atoms with E-state index in [9.17, 15) is 33.7 Å². The van der Waals surface area contributed by atoms with Gasteiger partial charge in [0.15, 0.2) is 0 Å². The molecule has 0 saturated carbocycles. The van der Waals surface area contributed by atoms with E-state index >= 15 is 0 Å². The van der Waals surface area contributed by atoms with Crippen molar-refractivity contribution in [3.63, 3.8) is 0 Å². The molecule has 0 aromatic rings. The van der Waals surface area contributed by atoms with Gasteiger partial charge in [0, 0.05) is 0 Å². The lowest BCUT2D eigenvalue weighted by atomic mass is 10.1. The Bertz CT molecular complexity index is 840. The van der Waals surface area contributed by atoms with Crippen LogP contribution in [0.3, 0.4) is 0 Å². The fourth-order valence-electron chi connectivity index (χ4n) is 3.18. The summed E-state index contributed by atoms with van der Waals surface area (Å²) < 4.78 is 95.7. The monoisotopic (exact) mass is 538 g/mol. The lowest BCUT2D eigenvalue weighted by Gasteiger charge is -2.07. The molecule has 8 nitrogen and oxygen atoms in total. The van der Waals surface area contributed by atoms with Crippen molar-refractivity contribution >= 4 is 35.5 Å². The van der Waals surface area contributed by atoms with Gasteiger partial charge in [0.1, 0.15) is 0 Å². The second-order valence-electron chi connectivity index (χ2n) is 8.29. The Morgan fingerprint density at radius 3 is 0.719 bits per heavy atom. The van der Waals surface area contributed by atoms with E-state index in [4.69, 9.17) is 0 Å². The number of rotatable bonds is 21. The Labute approximate surface area is 195 Å². The molecule has 12 heteroatoms. The van der Waals surface area contributed by atoms with Crippen LogP contribution in [0.2, 0.25) is 0 Å². The zero-order chi connectivity index (χ0) is 24.7. The van der Waals surface area contributed by atoms with Crippen molar-refractivity contribution in [3.05, 3.63) is 0 Å². The van der Waals surface area contributed by atoms with Crippen molar-refractivity contribution in [2.45, 2.75) is 104 Å². The third-order valence-corrected chi connectivity index (χ3v) is 16.7. The quantitative estimate of drug-likeness (QED) is 0.158. The molecule has 0 aromatic carbocycles. The van der Waals surface area contributed by atoms with Crippen LogP contribution in [-0.4, -0.2) is 56.7 Å². The Morgan fingerprint density at radius 2 is 0.500 bits per heavy atom. The van der Waals surface area contributed by atoms with Crippen LogP contribution < -0.4 is 0 Å². The molecule has 0 fully saturated rings. The molecule has 0 spiro atoms. The second-order valence-corrected chi connectivity index (χ2v) is 20.5. The largest absolute Gasteiger partial charge is 0.253 e. The maximum Gasteiger partial charge on any atom is 0.253 e. The topological polar surface area (TPSA) is 137 Å². The highest BCUT2D eigenvalue weighted by molar-refractivity contribution is 8.67. The Balaban J connectivity index is 3.99. The van der Waals surface area contributed by atoms with Gasteiger partial charge in [-0.2, -0.15) is 0 Å². The summed E-state index contributed by atoms with van der Waals surface area (Å²) in [6.07, 6.45) is 8.84. The maximum atomic E-state index is 12.0. The van der Waals surface area contributed by atoms with Crippen molar-refractivity contribution < 1.29 is 33.7 Å². The van der Waals surface area contributed by atoms with E-state index in [0.29, 0.717) is 51.4 Å². The summed E-state index contributed by atoms with van der Waals surface area (Å²) in [7, 11) is -16.4. The lowest BCUT2D eigenvalue weighted by Crippen LogP contribution is -2.22. The van der Waals surface area contributed by atoms with Gasteiger partial charge in [-0.25, -0.2) is 33.7 Å². The highest BCUT2D eigenvalue weighted by atomic mass is 33.2. The van der Waals surface area contributed by atoms with Crippen molar-refractivity contribution in [1.29, 1.82) is 0 Å². The maximum absolute atomic E-state index is 12.0. The molecule has 194 valence electrons. The minimum absolute atomic E-state index is 0.307. The molecule has 0 bridgehead atoms.